The zero-order chi connectivity index (χ0) is 19.1. The maximum absolute atomic E-state index is 13.2. The van der Waals surface area contributed by atoms with Crippen LogP contribution in [-0.4, -0.2) is 63.0 Å². The first-order valence-electron chi connectivity index (χ1n) is 9.66. The van der Waals surface area contributed by atoms with E-state index in [9.17, 15) is 13.2 Å². The molecule has 1 saturated heterocycles. The van der Waals surface area contributed by atoms with Gasteiger partial charge in [-0.3, -0.25) is 0 Å². The fourth-order valence-corrected chi connectivity index (χ4v) is 6.84. The number of methoxy groups -OCH3 is 1. The van der Waals surface area contributed by atoms with E-state index in [1.807, 2.05) is 12.1 Å². The Morgan fingerprint density at radius 3 is 2.78 bits per heavy atom. The van der Waals surface area contributed by atoms with Crippen molar-refractivity contribution in [1.82, 2.24) is 14.5 Å². The van der Waals surface area contributed by atoms with E-state index < -0.39 is 15.6 Å². The maximum atomic E-state index is 13.2. The number of carbonyl (C=O) groups excluding carboxylic acids is 1. The lowest BCUT2D eigenvalue weighted by molar-refractivity contribution is 0.131. The number of carbonyl (C=O) groups is 1. The number of nitrogens with zero attached hydrogens (tertiary/aromatic N) is 2. The Morgan fingerprint density at radius 1 is 1.30 bits per heavy atom. The van der Waals surface area contributed by atoms with E-state index in [2.05, 4.69) is 5.32 Å². The molecule has 1 aromatic rings. The third-order valence-corrected chi connectivity index (χ3v) is 8.17. The van der Waals surface area contributed by atoms with Gasteiger partial charge >= 0.3 is 6.03 Å². The van der Waals surface area contributed by atoms with Gasteiger partial charge in [-0.1, -0.05) is 31.0 Å². The molecule has 0 bridgehead atoms. The van der Waals surface area contributed by atoms with Crippen molar-refractivity contribution in [3.8, 4) is 0 Å². The molecule has 1 atom stereocenters. The van der Waals surface area contributed by atoms with Crippen LogP contribution in [0.3, 0.4) is 0 Å². The smallest absolute Gasteiger partial charge is 0.317 e. The number of sulfonamides is 1. The highest BCUT2D eigenvalue weighted by Crippen LogP contribution is 2.49. The van der Waals surface area contributed by atoms with Crippen molar-refractivity contribution in [2.75, 3.05) is 33.4 Å². The number of ether oxygens (including phenoxy) is 1. The van der Waals surface area contributed by atoms with Crippen molar-refractivity contribution in [2.24, 2.45) is 0 Å². The largest absolute Gasteiger partial charge is 0.383 e. The number of hydrogen-bond donors (Lipinski definition) is 1. The van der Waals surface area contributed by atoms with Gasteiger partial charge in [-0.05, 0) is 30.9 Å². The number of amides is 2. The summed E-state index contributed by atoms with van der Waals surface area (Å²) in [5.41, 5.74) is 0.110. The van der Waals surface area contributed by atoms with Crippen LogP contribution in [0.4, 0.5) is 4.79 Å². The lowest BCUT2D eigenvalue weighted by Gasteiger charge is -2.34. The lowest BCUT2D eigenvalue weighted by atomic mass is 9.89. The molecule has 2 amide bonds. The van der Waals surface area contributed by atoms with Gasteiger partial charge in [0.25, 0.3) is 0 Å². The van der Waals surface area contributed by atoms with Gasteiger partial charge in [-0.25, -0.2) is 13.2 Å². The Bertz CT molecular complexity index is 822. The van der Waals surface area contributed by atoms with Crippen molar-refractivity contribution >= 4 is 16.1 Å². The van der Waals surface area contributed by atoms with E-state index in [0.29, 0.717) is 31.0 Å². The Kier molecular flexibility index (Phi) is 4.90. The Labute approximate surface area is 160 Å². The van der Waals surface area contributed by atoms with E-state index in [0.717, 1.165) is 31.2 Å². The molecule has 1 unspecified atom stereocenters. The first-order chi connectivity index (χ1) is 13.0. The number of rotatable bonds is 4. The van der Waals surface area contributed by atoms with Gasteiger partial charge in [0.1, 0.15) is 0 Å². The molecule has 148 valence electrons. The van der Waals surface area contributed by atoms with Crippen molar-refractivity contribution < 1.29 is 17.9 Å². The molecule has 0 aromatic heterocycles. The maximum Gasteiger partial charge on any atom is 0.317 e. The summed E-state index contributed by atoms with van der Waals surface area (Å²) in [5, 5.41) is 3.12. The standard InChI is InChI=1S/C19H27N3O4S/c1-26-13-12-22-19(16-8-4-5-9-17(16)27(22,24)25)10-11-21(14-19)18(23)20-15-6-2-3-7-15/h4-5,8-9,15H,2-3,6-7,10-14H2,1H3,(H,20,23). The summed E-state index contributed by atoms with van der Waals surface area (Å²) in [6.07, 6.45) is 4.98. The lowest BCUT2D eigenvalue weighted by Crippen LogP contribution is -2.49. The van der Waals surface area contributed by atoms with E-state index >= 15 is 0 Å². The molecule has 1 aliphatic carbocycles. The monoisotopic (exact) mass is 393 g/mol. The average molecular weight is 394 g/mol. The summed E-state index contributed by atoms with van der Waals surface area (Å²) in [4.78, 5) is 14.9. The third kappa shape index (κ3) is 3.03. The van der Waals surface area contributed by atoms with Crippen molar-refractivity contribution in [1.29, 1.82) is 0 Å². The second kappa shape index (κ2) is 7.07. The first-order valence-corrected chi connectivity index (χ1v) is 11.1. The first kappa shape index (κ1) is 18.7. The van der Waals surface area contributed by atoms with Crippen LogP contribution in [0.1, 0.15) is 37.7 Å². The zero-order valence-corrected chi connectivity index (χ0v) is 16.5. The fraction of sp³-hybridized carbons (Fsp3) is 0.632. The second-order valence-corrected chi connectivity index (χ2v) is 9.53. The molecule has 4 rings (SSSR count). The summed E-state index contributed by atoms with van der Waals surface area (Å²) in [5.74, 6) is 0. The molecule has 7 nitrogen and oxygen atoms in total. The van der Waals surface area contributed by atoms with Crippen molar-refractivity contribution in [3.63, 3.8) is 0 Å². The quantitative estimate of drug-likeness (QED) is 0.847. The predicted molar refractivity (Wildman–Crippen MR) is 101 cm³/mol. The van der Waals surface area contributed by atoms with Crippen LogP contribution in [0.2, 0.25) is 0 Å². The van der Waals surface area contributed by atoms with E-state index in [1.165, 1.54) is 0 Å². The number of nitrogens with one attached hydrogen (secondary N) is 1. The van der Waals surface area contributed by atoms with E-state index in [4.69, 9.17) is 4.74 Å². The van der Waals surface area contributed by atoms with Crippen LogP contribution >= 0.6 is 0 Å². The van der Waals surface area contributed by atoms with Crippen LogP contribution in [0, 0.1) is 0 Å². The van der Waals surface area contributed by atoms with Crippen LogP contribution < -0.4 is 5.32 Å². The molecule has 2 fully saturated rings. The van der Waals surface area contributed by atoms with Gasteiger partial charge < -0.3 is 15.0 Å². The molecule has 1 aromatic carbocycles. The minimum atomic E-state index is -3.59. The molecule has 2 heterocycles. The minimum absolute atomic E-state index is 0.0766. The number of fused-ring (bicyclic) bond motifs is 2. The average Bonchev–Trinajstić information content (AvgIpc) is 3.35. The highest BCUT2D eigenvalue weighted by Gasteiger charge is 2.57. The van der Waals surface area contributed by atoms with Crippen LogP contribution in [0.25, 0.3) is 0 Å². The summed E-state index contributed by atoms with van der Waals surface area (Å²) in [6, 6.07) is 7.35. The number of likely N-dealkylation sites (tertiary alicyclic amines) is 1. The SMILES string of the molecule is COCCN1C2(CCN(C(=O)NC3CCCC3)C2)c2ccccc2S1(=O)=O. The van der Waals surface area contributed by atoms with Crippen LogP contribution in [0.15, 0.2) is 29.2 Å². The fourth-order valence-electron chi connectivity index (χ4n) is 4.79. The highest BCUT2D eigenvalue weighted by molar-refractivity contribution is 7.89. The second-order valence-electron chi connectivity index (χ2n) is 7.70. The molecule has 8 heteroatoms. The summed E-state index contributed by atoms with van der Waals surface area (Å²) < 4.78 is 33.0. The molecule has 27 heavy (non-hydrogen) atoms. The molecule has 1 spiro atoms. The summed E-state index contributed by atoms with van der Waals surface area (Å²) in [6.45, 7) is 1.53. The van der Waals surface area contributed by atoms with Crippen molar-refractivity contribution in [3.05, 3.63) is 29.8 Å². The molecule has 2 aliphatic heterocycles. The molecule has 1 saturated carbocycles. The van der Waals surface area contributed by atoms with E-state index in [1.54, 1.807) is 28.4 Å². The minimum Gasteiger partial charge on any atom is -0.383 e. The Morgan fingerprint density at radius 2 is 2.04 bits per heavy atom. The molecule has 0 radical (unpaired) electrons. The number of benzene rings is 1. The molecular formula is C19H27N3O4S. The molecular weight excluding hydrogens is 366 g/mol. The summed E-state index contributed by atoms with van der Waals surface area (Å²) >= 11 is 0. The number of urea groups is 1. The van der Waals surface area contributed by atoms with Crippen molar-refractivity contribution in [2.45, 2.75) is 48.6 Å². The van der Waals surface area contributed by atoms with Gasteiger partial charge in [0.2, 0.25) is 10.0 Å². The van der Waals surface area contributed by atoms with Gasteiger partial charge in [-0.2, -0.15) is 4.31 Å². The topological polar surface area (TPSA) is 79.0 Å². The molecule has 3 aliphatic rings. The normalized spacial score (nSPS) is 27.4. The third-order valence-electron chi connectivity index (χ3n) is 6.15. The number of hydrogen-bond acceptors (Lipinski definition) is 4. The predicted octanol–water partition coefficient (Wildman–Crippen LogP) is 1.89. The Balaban J connectivity index is 1.62. The van der Waals surface area contributed by atoms with Gasteiger partial charge in [-0.15, -0.1) is 0 Å². The van der Waals surface area contributed by atoms with Gasteiger partial charge in [0.15, 0.2) is 0 Å². The Hall–Kier alpha value is -1.64. The van der Waals surface area contributed by atoms with Gasteiger partial charge in [0.05, 0.1) is 17.0 Å². The van der Waals surface area contributed by atoms with Crippen LogP contribution in [-0.2, 0) is 20.3 Å². The van der Waals surface area contributed by atoms with Gasteiger partial charge in [0, 0.05) is 32.8 Å². The van der Waals surface area contributed by atoms with E-state index in [-0.39, 0.29) is 18.6 Å². The highest BCUT2D eigenvalue weighted by atomic mass is 32.2. The zero-order valence-electron chi connectivity index (χ0n) is 15.7. The summed E-state index contributed by atoms with van der Waals surface area (Å²) in [7, 11) is -2.02. The molecule has 1 N–H and O–H groups in total. The van der Waals surface area contributed by atoms with Crippen LogP contribution in [0.5, 0.6) is 0 Å².